The van der Waals surface area contributed by atoms with E-state index in [2.05, 4.69) is 22.6 Å². The molecule has 0 unspecified atom stereocenters. The van der Waals surface area contributed by atoms with Crippen molar-refractivity contribution in [2.75, 3.05) is 23.9 Å². The fourth-order valence-corrected chi connectivity index (χ4v) is 2.26. The van der Waals surface area contributed by atoms with Crippen LogP contribution in [-0.2, 0) is 0 Å². The summed E-state index contributed by atoms with van der Waals surface area (Å²) in [4.78, 5) is 4.22. The van der Waals surface area contributed by atoms with Crippen molar-refractivity contribution in [3.05, 3.63) is 23.4 Å². The van der Waals surface area contributed by atoms with Gasteiger partial charge in [0.05, 0.1) is 5.56 Å². The second-order valence-electron chi connectivity index (χ2n) is 4.30. The highest BCUT2D eigenvalue weighted by Gasteiger charge is 2.04. The summed E-state index contributed by atoms with van der Waals surface area (Å²) in [7, 11) is 0. The smallest absolute Gasteiger partial charge is 0.144 e. The third-order valence-electron chi connectivity index (χ3n) is 2.84. The van der Waals surface area contributed by atoms with E-state index in [1.807, 2.05) is 24.8 Å². The van der Waals surface area contributed by atoms with Gasteiger partial charge in [-0.1, -0.05) is 12.8 Å². The Morgan fingerprint density at radius 1 is 1.33 bits per heavy atom. The number of aryl methyl sites for hydroxylation is 1. The number of aromatic nitrogens is 1. The lowest BCUT2D eigenvalue weighted by atomic mass is 10.1. The fraction of sp³-hybridized carbons (Fsp3) is 0.571. The molecular formula is C14H21N3S. The zero-order valence-corrected chi connectivity index (χ0v) is 12.0. The molecular weight excluding hydrogens is 242 g/mol. The summed E-state index contributed by atoms with van der Waals surface area (Å²) < 4.78 is 0. The van der Waals surface area contributed by atoms with Gasteiger partial charge in [0, 0.05) is 12.7 Å². The molecule has 3 nitrogen and oxygen atoms in total. The quantitative estimate of drug-likeness (QED) is 0.728. The number of thioether (sulfide) groups is 1. The van der Waals surface area contributed by atoms with Crippen molar-refractivity contribution in [3.8, 4) is 6.07 Å². The van der Waals surface area contributed by atoms with E-state index in [1.54, 1.807) is 6.20 Å². The Balaban J connectivity index is 2.28. The predicted molar refractivity (Wildman–Crippen MR) is 79.0 cm³/mol. The van der Waals surface area contributed by atoms with Crippen molar-refractivity contribution in [1.82, 2.24) is 4.98 Å². The van der Waals surface area contributed by atoms with E-state index in [9.17, 15) is 0 Å². The normalized spacial score (nSPS) is 10.1. The van der Waals surface area contributed by atoms with Crippen LogP contribution >= 0.6 is 11.8 Å². The van der Waals surface area contributed by atoms with Crippen molar-refractivity contribution in [2.24, 2.45) is 0 Å². The van der Waals surface area contributed by atoms with Gasteiger partial charge in [-0.05, 0) is 43.4 Å². The van der Waals surface area contributed by atoms with Gasteiger partial charge < -0.3 is 5.32 Å². The highest BCUT2D eigenvalue weighted by Crippen LogP contribution is 2.15. The minimum atomic E-state index is 0.667. The molecule has 18 heavy (non-hydrogen) atoms. The zero-order valence-electron chi connectivity index (χ0n) is 11.2. The number of pyridine rings is 1. The molecule has 0 atom stereocenters. The maximum atomic E-state index is 9.07. The molecule has 4 heteroatoms. The standard InChI is InChI=1S/C14H21N3S/c1-12-7-9-17-14(13(12)11-15)16-8-5-3-4-6-10-18-2/h7,9H,3-6,8,10H2,1-2H3,(H,16,17). The van der Waals surface area contributed by atoms with Crippen molar-refractivity contribution in [2.45, 2.75) is 32.6 Å². The first-order valence-electron chi connectivity index (χ1n) is 6.38. The minimum Gasteiger partial charge on any atom is -0.369 e. The maximum absolute atomic E-state index is 9.07. The summed E-state index contributed by atoms with van der Waals surface area (Å²) in [6.07, 6.45) is 8.85. The molecule has 0 aromatic carbocycles. The third kappa shape index (κ3) is 4.97. The molecule has 0 bridgehead atoms. The number of anilines is 1. The summed E-state index contributed by atoms with van der Waals surface area (Å²) in [5, 5.41) is 12.3. The number of nitriles is 1. The highest BCUT2D eigenvalue weighted by molar-refractivity contribution is 7.98. The molecule has 0 saturated carbocycles. The average Bonchev–Trinajstić information content (AvgIpc) is 2.38. The van der Waals surface area contributed by atoms with Crippen molar-refractivity contribution >= 4 is 17.6 Å². The molecule has 0 aliphatic heterocycles. The summed E-state index contributed by atoms with van der Waals surface area (Å²) in [6.45, 7) is 2.83. The van der Waals surface area contributed by atoms with Crippen molar-refractivity contribution in [1.29, 1.82) is 5.26 Å². The first-order valence-corrected chi connectivity index (χ1v) is 7.77. The number of unbranched alkanes of at least 4 members (excludes halogenated alkanes) is 3. The molecule has 0 aliphatic carbocycles. The van der Waals surface area contributed by atoms with E-state index in [0.717, 1.165) is 24.3 Å². The van der Waals surface area contributed by atoms with E-state index in [4.69, 9.17) is 5.26 Å². The Kier molecular flexibility index (Phi) is 7.28. The lowest BCUT2D eigenvalue weighted by Gasteiger charge is -2.08. The van der Waals surface area contributed by atoms with Crippen molar-refractivity contribution < 1.29 is 0 Å². The third-order valence-corrected chi connectivity index (χ3v) is 3.54. The van der Waals surface area contributed by atoms with Gasteiger partial charge in [0.1, 0.15) is 11.9 Å². The van der Waals surface area contributed by atoms with Gasteiger partial charge in [-0.15, -0.1) is 0 Å². The van der Waals surface area contributed by atoms with E-state index < -0.39 is 0 Å². The average molecular weight is 263 g/mol. The summed E-state index contributed by atoms with van der Waals surface area (Å²) >= 11 is 1.91. The number of nitrogens with one attached hydrogen (secondary N) is 1. The summed E-state index contributed by atoms with van der Waals surface area (Å²) in [5.74, 6) is 1.98. The number of rotatable bonds is 8. The molecule has 0 fully saturated rings. The molecule has 0 spiro atoms. The number of hydrogen-bond acceptors (Lipinski definition) is 4. The second-order valence-corrected chi connectivity index (χ2v) is 5.28. The van der Waals surface area contributed by atoms with Crippen LogP contribution in [0.15, 0.2) is 12.3 Å². The predicted octanol–water partition coefficient (Wildman–Crippen LogP) is 3.60. The van der Waals surface area contributed by atoms with Gasteiger partial charge in [-0.25, -0.2) is 4.98 Å². The molecule has 1 aromatic heterocycles. The monoisotopic (exact) mass is 263 g/mol. The van der Waals surface area contributed by atoms with Crippen LogP contribution in [-0.4, -0.2) is 23.5 Å². The van der Waals surface area contributed by atoms with Crippen LogP contribution in [0.25, 0.3) is 0 Å². The number of nitrogens with zero attached hydrogens (tertiary/aromatic N) is 2. The van der Waals surface area contributed by atoms with Crippen LogP contribution < -0.4 is 5.32 Å². The van der Waals surface area contributed by atoms with Gasteiger partial charge in [-0.3, -0.25) is 0 Å². The number of hydrogen-bond donors (Lipinski definition) is 1. The SMILES string of the molecule is CSCCCCCCNc1nccc(C)c1C#N. The highest BCUT2D eigenvalue weighted by atomic mass is 32.2. The molecule has 0 radical (unpaired) electrons. The molecule has 1 aromatic rings. The topological polar surface area (TPSA) is 48.7 Å². The van der Waals surface area contributed by atoms with Gasteiger partial charge in [0.2, 0.25) is 0 Å². The van der Waals surface area contributed by atoms with Gasteiger partial charge in [0.15, 0.2) is 0 Å². The van der Waals surface area contributed by atoms with Gasteiger partial charge >= 0.3 is 0 Å². The molecule has 0 amide bonds. The largest absolute Gasteiger partial charge is 0.369 e. The molecule has 1 heterocycles. The van der Waals surface area contributed by atoms with E-state index in [-0.39, 0.29) is 0 Å². The Hall–Kier alpha value is -1.21. The van der Waals surface area contributed by atoms with Gasteiger partial charge in [0.25, 0.3) is 0 Å². The second kappa shape index (κ2) is 8.82. The molecule has 1 N–H and O–H groups in total. The van der Waals surface area contributed by atoms with Crippen LogP contribution in [0.3, 0.4) is 0 Å². The lowest BCUT2D eigenvalue weighted by Crippen LogP contribution is -2.06. The van der Waals surface area contributed by atoms with E-state index in [1.165, 1.54) is 25.0 Å². The van der Waals surface area contributed by atoms with Crippen LogP contribution in [0.2, 0.25) is 0 Å². The fourth-order valence-electron chi connectivity index (χ4n) is 1.77. The molecule has 1 rings (SSSR count). The molecule has 98 valence electrons. The molecule has 0 aliphatic rings. The van der Waals surface area contributed by atoms with E-state index in [0.29, 0.717) is 5.56 Å². The Morgan fingerprint density at radius 3 is 2.83 bits per heavy atom. The van der Waals surface area contributed by atoms with Crippen LogP contribution in [0, 0.1) is 18.3 Å². The van der Waals surface area contributed by atoms with Crippen LogP contribution in [0.5, 0.6) is 0 Å². The molecule has 0 saturated heterocycles. The summed E-state index contributed by atoms with van der Waals surface area (Å²) in [6, 6.07) is 4.07. The van der Waals surface area contributed by atoms with Gasteiger partial charge in [-0.2, -0.15) is 17.0 Å². The first-order chi connectivity index (χ1) is 8.79. The Bertz CT molecular complexity index is 399. The zero-order chi connectivity index (χ0) is 13.2. The van der Waals surface area contributed by atoms with Crippen molar-refractivity contribution in [3.63, 3.8) is 0 Å². The minimum absolute atomic E-state index is 0.667. The lowest BCUT2D eigenvalue weighted by molar-refractivity contribution is 0.688. The van der Waals surface area contributed by atoms with E-state index >= 15 is 0 Å². The van der Waals surface area contributed by atoms with Crippen LogP contribution in [0.4, 0.5) is 5.82 Å². The first kappa shape index (κ1) is 14.8. The Morgan fingerprint density at radius 2 is 2.11 bits per heavy atom. The Labute approximate surface area is 114 Å². The maximum Gasteiger partial charge on any atom is 0.144 e. The summed E-state index contributed by atoms with van der Waals surface area (Å²) in [5.41, 5.74) is 1.65. The van der Waals surface area contributed by atoms with Crippen LogP contribution in [0.1, 0.15) is 36.8 Å².